The Morgan fingerprint density at radius 2 is 1.21 bits per heavy atom. The lowest BCUT2D eigenvalue weighted by Gasteiger charge is -2.16. The van der Waals surface area contributed by atoms with E-state index in [0.717, 1.165) is 29.8 Å². The van der Waals surface area contributed by atoms with Gasteiger partial charge in [0.25, 0.3) is 0 Å². The summed E-state index contributed by atoms with van der Waals surface area (Å²) in [5.74, 6) is 1.33. The van der Waals surface area contributed by atoms with Crippen molar-refractivity contribution in [3.05, 3.63) is 107 Å². The molecule has 0 spiro atoms. The van der Waals surface area contributed by atoms with Crippen LogP contribution in [0.25, 0.3) is 0 Å². The molecular weight excluding hydrogens is 604 g/mol. The van der Waals surface area contributed by atoms with Gasteiger partial charge < -0.3 is 23.8 Å². The zero-order valence-corrected chi connectivity index (χ0v) is 29.2. The second-order valence-corrected chi connectivity index (χ2v) is 12.3. The van der Waals surface area contributed by atoms with Crippen molar-refractivity contribution >= 4 is 17.6 Å². The molecule has 4 aromatic rings. The van der Waals surface area contributed by atoms with Crippen molar-refractivity contribution in [3.8, 4) is 23.0 Å². The summed E-state index contributed by atoms with van der Waals surface area (Å²) in [5.41, 5.74) is 4.09. The molecule has 48 heavy (non-hydrogen) atoms. The second-order valence-electron chi connectivity index (χ2n) is 12.3. The highest BCUT2D eigenvalue weighted by Gasteiger charge is 2.19. The van der Waals surface area contributed by atoms with Crippen LogP contribution in [0.15, 0.2) is 79.1 Å². The number of nitrogens with zero attached hydrogens (tertiary/aromatic N) is 2. The van der Waals surface area contributed by atoms with E-state index < -0.39 is 11.9 Å². The first kappa shape index (κ1) is 36.0. The average molecular weight is 654 g/mol. The van der Waals surface area contributed by atoms with Crippen molar-refractivity contribution in [1.29, 1.82) is 0 Å². The van der Waals surface area contributed by atoms with E-state index in [1.165, 1.54) is 25.7 Å². The number of pyridine rings is 1. The highest BCUT2D eigenvalue weighted by atomic mass is 16.5. The number of hydrogen-bond donors (Lipinski definition) is 0. The molecule has 0 saturated carbocycles. The van der Waals surface area contributed by atoms with Gasteiger partial charge in [0.1, 0.15) is 29.6 Å². The molecule has 0 saturated heterocycles. The van der Waals surface area contributed by atoms with E-state index in [0.29, 0.717) is 59.3 Å². The molecule has 1 heterocycles. The SMILES string of the molecule is CCCCCCCCOc1ccc(C(=O)Oc2cc(C)c(OC(=O)c3ccc(OCC[n+]4ccc(N(C)C)cc4)cc3)c(C)c2C)cc1. The molecular formula is C40H49N2O6+. The number of anilines is 1. The predicted molar refractivity (Wildman–Crippen MR) is 189 cm³/mol. The maximum Gasteiger partial charge on any atom is 0.343 e. The molecule has 0 amide bonds. The first-order valence-electron chi connectivity index (χ1n) is 16.8. The lowest BCUT2D eigenvalue weighted by atomic mass is 10.0. The largest absolute Gasteiger partial charge is 0.494 e. The van der Waals surface area contributed by atoms with Crippen LogP contribution in [0.5, 0.6) is 23.0 Å². The number of aryl methyl sites for hydroxylation is 1. The van der Waals surface area contributed by atoms with E-state index in [1.54, 1.807) is 54.6 Å². The third kappa shape index (κ3) is 10.3. The Morgan fingerprint density at radius 1 is 0.667 bits per heavy atom. The minimum atomic E-state index is -0.479. The van der Waals surface area contributed by atoms with Gasteiger partial charge in [-0.3, -0.25) is 0 Å². The van der Waals surface area contributed by atoms with Crippen LogP contribution in [0.3, 0.4) is 0 Å². The summed E-state index contributed by atoms with van der Waals surface area (Å²) in [6.45, 7) is 9.58. The van der Waals surface area contributed by atoms with Gasteiger partial charge in [-0.05, 0) is 98.5 Å². The van der Waals surface area contributed by atoms with Crippen molar-refractivity contribution in [2.24, 2.45) is 0 Å². The van der Waals surface area contributed by atoms with Crippen LogP contribution in [0.4, 0.5) is 5.69 Å². The van der Waals surface area contributed by atoms with E-state index in [2.05, 4.69) is 28.5 Å². The minimum Gasteiger partial charge on any atom is -0.494 e. The molecule has 3 aromatic carbocycles. The Bertz CT molecular complexity index is 1630. The minimum absolute atomic E-state index is 0.405. The lowest BCUT2D eigenvalue weighted by molar-refractivity contribution is -0.697. The monoisotopic (exact) mass is 653 g/mol. The smallest absolute Gasteiger partial charge is 0.343 e. The number of unbranched alkanes of at least 4 members (excludes halogenated alkanes) is 5. The molecule has 0 radical (unpaired) electrons. The first-order valence-corrected chi connectivity index (χ1v) is 16.8. The van der Waals surface area contributed by atoms with Crippen LogP contribution in [-0.2, 0) is 6.54 Å². The quantitative estimate of drug-likeness (QED) is 0.0492. The normalized spacial score (nSPS) is 10.8. The first-order chi connectivity index (χ1) is 23.2. The van der Waals surface area contributed by atoms with Crippen LogP contribution >= 0.6 is 0 Å². The van der Waals surface area contributed by atoms with Crippen molar-refractivity contribution in [1.82, 2.24) is 0 Å². The molecule has 1 aromatic heterocycles. The van der Waals surface area contributed by atoms with Crippen LogP contribution in [0.2, 0.25) is 0 Å². The third-order valence-corrected chi connectivity index (χ3v) is 8.33. The molecule has 0 fully saturated rings. The highest BCUT2D eigenvalue weighted by molar-refractivity contribution is 5.92. The zero-order valence-electron chi connectivity index (χ0n) is 29.2. The zero-order chi connectivity index (χ0) is 34.5. The standard InChI is InChI=1S/C40H49N2O6/c1-7-8-9-10-11-12-26-45-35-17-13-32(14-18-35)39(43)47-37-28-29(2)38(31(4)30(37)3)48-40(44)33-15-19-36(20-16-33)46-27-25-42-23-21-34(22-24-42)41(5)6/h13-24,28H,7-12,25-27H2,1-6H3/q+1. The van der Waals surface area contributed by atoms with E-state index >= 15 is 0 Å². The Morgan fingerprint density at radius 3 is 1.79 bits per heavy atom. The maximum absolute atomic E-state index is 13.1. The predicted octanol–water partition coefficient (Wildman–Crippen LogP) is 8.22. The molecule has 8 heteroatoms. The van der Waals surface area contributed by atoms with Gasteiger partial charge in [-0.2, -0.15) is 0 Å². The molecule has 8 nitrogen and oxygen atoms in total. The molecule has 254 valence electrons. The van der Waals surface area contributed by atoms with E-state index in [-0.39, 0.29) is 0 Å². The number of esters is 2. The highest BCUT2D eigenvalue weighted by Crippen LogP contribution is 2.34. The molecule has 0 bridgehead atoms. The Hall–Kier alpha value is -4.85. The summed E-state index contributed by atoms with van der Waals surface area (Å²) in [6.07, 6.45) is 11.3. The van der Waals surface area contributed by atoms with Gasteiger partial charge in [-0.1, -0.05) is 39.0 Å². The van der Waals surface area contributed by atoms with Gasteiger partial charge >= 0.3 is 11.9 Å². The molecule has 0 aliphatic rings. The van der Waals surface area contributed by atoms with Gasteiger partial charge in [0.15, 0.2) is 18.9 Å². The van der Waals surface area contributed by atoms with Gasteiger partial charge in [0.05, 0.1) is 17.7 Å². The van der Waals surface area contributed by atoms with E-state index in [4.69, 9.17) is 18.9 Å². The molecule has 0 atom stereocenters. The summed E-state index contributed by atoms with van der Waals surface area (Å²) in [7, 11) is 4.02. The summed E-state index contributed by atoms with van der Waals surface area (Å²) >= 11 is 0. The molecule has 0 unspecified atom stereocenters. The lowest BCUT2D eigenvalue weighted by Crippen LogP contribution is -2.35. The van der Waals surface area contributed by atoms with Gasteiger partial charge in [-0.25, -0.2) is 14.2 Å². The summed E-state index contributed by atoms with van der Waals surface area (Å²) in [4.78, 5) is 28.1. The van der Waals surface area contributed by atoms with Crippen molar-refractivity contribution < 1.29 is 33.1 Å². The fraction of sp³-hybridized carbons (Fsp3) is 0.375. The number of ether oxygens (including phenoxy) is 4. The summed E-state index contributed by atoms with van der Waals surface area (Å²) in [6, 6.07) is 19.8. The van der Waals surface area contributed by atoms with Crippen LogP contribution < -0.4 is 28.4 Å². The number of benzene rings is 3. The summed E-state index contributed by atoms with van der Waals surface area (Å²) in [5, 5.41) is 0. The number of carbonyl (C=O) groups excluding carboxylic acids is 2. The third-order valence-electron chi connectivity index (χ3n) is 8.33. The number of carbonyl (C=O) groups is 2. The van der Waals surface area contributed by atoms with Crippen molar-refractivity contribution in [3.63, 3.8) is 0 Å². The summed E-state index contributed by atoms with van der Waals surface area (Å²) < 4.78 is 25.4. The number of hydrogen-bond acceptors (Lipinski definition) is 7. The second kappa shape index (κ2) is 17.9. The average Bonchev–Trinajstić information content (AvgIpc) is 3.09. The Kier molecular flexibility index (Phi) is 13.4. The molecule has 4 rings (SSSR count). The maximum atomic E-state index is 13.1. The van der Waals surface area contributed by atoms with Crippen LogP contribution in [0, 0.1) is 20.8 Å². The number of aromatic nitrogens is 1. The van der Waals surface area contributed by atoms with Crippen molar-refractivity contribution in [2.75, 3.05) is 32.2 Å². The fourth-order valence-electron chi connectivity index (χ4n) is 5.21. The van der Waals surface area contributed by atoms with Crippen molar-refractivity contribution in [2.45, 2.75) is 72.8 Å². The van der Waals surface area contributed by atoms with Gasteiger partial charge in [0, 0.05) is 31.9 Å². The number of rotatable bonds is 17. The molecule has 0 N–H and O–H groups in total. The van der Waals surface area contributed by atoms with E-state index in [9.17, 15) is 9.59 Å². The Balaban J connectivity index is 1.28. The van der Waals surface area contributed by atoms with Gasteiger partial charge in [-0.15, -0.1) is 0 Å². The van der Waals surface area contributed by atoms with Gasteiger partial charge in [0.2, 0.25) is 0 Å². The van der Waals surface area contributed by atoms with E-state index in [1.807, 2.05) is 47.3 Å². The fourth-order valence-corrected chi connectivity index (χ4v) is 5.21. The topological polar surface area (TPSA) is 78.2 Å². The molecule has 0 aliphatic carbocycles. The van der Waals surface area contributed by atoms with Crippen LogP contribution in [0.1, 0.15) is 82.9 Å². The van der Waals surface area contributed by atoms with Crippen LogP contribution in [-0.4, -0.2) is 39.2 Å². The Labute approximate surface area is 285 Å². The molecule has 0 aliphatic heterocycles.